The van der Waals surface area contributed by atoms with E-state index in [4.69, 9.17) is 10.5 Å². The first-order chi connectivity index (χ1) is 17.4. The van der Waals surface area contributed by atoms with Crippen LogP contribution in [0.2, 0.25) is 0 Å². The Morgan fingerprint density at radius 3 is 2.16 bits per heavy atom. The molecule has 1 aliphatic rings. The van der Waals surface area contributed by atoms with Crippen molar-refractivity contribution in [1.82, 2.24) is 20.9 Å². The van der Waals surface area contributed by atoms with Crippen LogP contribution in [0.4, 0.5) is 4.79 Å². The standard InChI is InChI=1S/C26H43N5O7/c1-9-13-38-23(36)16(14-25(3,4)5)29-24(37)30-19(26(6,7)8)22(35)31-12-10-11-17(31)21(34)28-15(2)18(32)20(27)33/h9,15-17,19H,1,10-14H2,2-8H3,(H2,27,33)(H,28,34)(H2,29,30,37). The van der Waals surface area contributed by atoms with Gasteiger partial charge in [0.1, 0.15) is 24.7 Å². The Balaban J connectivity index is 3.06. The number of amides is 5. The minimum absolute atomic E-state index is 0.00601. The highest BCUT2D eigenvalue weighted by Gasteiger charge is 2.42. The predicted molar refractivity (Wildman–Crippen MR) is 140 cm³/mol. The number of hydrogen-bond donors (Lipinski definition) is 4. The molecule has 4 atom stereocenters. The summed E-state index contributed by atoms with van der Waals surface area (Å²) in [7, 11) is 0. The summed E-state index contributed by atoms with van der Waals surface area (Å²) in [5.41, 5.74) is 3.94. The number of urea groups is 1. The number of rotatable bonds is 11. The molecule has 1 saturated heterocycles. The van der Waals surface area contributed by atoms with Crippen molar-refractivity contribution in [2.75, 3.05) is 13.2 Å². The Bertz CT molecular complexity index is 935. The maximum atomic E-state index is 13.6. The Hall–Kier alpha value is -3.44. The minimum Gasteiger partial charge on any atom is -0.460 e. The van der Waals surface area contributed by atoms with Crippen LogP contribution in [0, 0.1) is 10.8 Å². The zero-order valence-corrected chi connectivity index (χ0v) is 23.5. The van der Waals surface area contributed by atoms with Crippen LogP contribution in [0.1, 0.15) is 67.7 Å². The number of hydrogen-bond acceptors (Lipinski definition) is 7. The van der Waals surface area contributed by atoms with Crippen LogP contribution in [0.15, 0.2) is 12.7 Å². The van der Waals surface area contributed by atoms with Crippen molar-refractivity contribution in [3.05, 3.63) is 12.7 Å². The molecular weight excluding hydrogens is 494 g/mol. The number of carbonyl (C=O) groups is 6. The average Bonchev–Trinajstić information content (AvgIpc) is 3.28. The van der Waals surface area contributed by atoms with Crippen molar-refractivity contribution in [3.8, 4) is 0 Å². The lowest BCUT2D eigenvalue weighted by molar-refractivity contribution is -0.145. The molecule has 0 saturated carbocycles. The molecule has 0 radical (unpaired) electrons. The van der Waals surface area contributed by atoms with Crippen LogP contribution in [-0.4, -0.2) is 77.7 Å². The van der Waals surface area contributed by atoms with Gasteiger partial charge in [0.2, 0.25) is 17.6 Å². The molecule has 1 rings (SSSR count). The Morgan fingerprint density at radius 2 is 1.66 bits per heavy atom. The van der Waals surface area contributed by atoms with Gasteiger partial charge in [-0.3, -0.25) is 19.2 Å². The first-order valence-corrected chi connectivity index (χ1v) is 12.7. The van der Waals surface area contributed by atoms with E-state index in [0.29, 0.717) is 19.3 Å². The van der Waals surface area contributed by atoms with Gasteiger partial charge in [0.25, 0.3) is 5.91 Å². The quantitative estimate of drug-likeness (QED) is 0.171. The van der Waals surface area contributed by atoms with Gasteiger partial charge in [-0.15, -0.1) is 0 Å². The van der Waals surface area contributed by atoms with E-state index in [1.165, 1.54) is 17.9 Å². The summed E-state index contributed by atoms with van der Waals surface area (Å²) in [4.78, 5) is 76.3. The van der Waals surface area contributed by atoms with Crippen LogP contribution in [0.5, 0.6) is 0 Å². The molecule has 5 N–H and O–H groups in total. The van der Waals surface area contributed by atoms with Crippen LogP contribution in [0.25, 0.3) is 0 Å². The Labute approximate surface area is 224 Å². The van der Waals surface area contributed by atoms with Crippen LogP contribution in [-0.2, 0) is 28.7 Å². The molecule has 5 amide bonds. The largest absolute Gasteiger partial charge is 0.460 e. The molecule has 1 aliphatic heterocycles. The number of ether oxygens (including phenoxy) is 1. The molecule has 0 aromatic heterocycles. The zero-order valence-electron chi connectivity index (χ0n) is 23.5. The van der Waals surface area contributed by atoms with E-state index in [1.807, 2.05) is 20.8 Å². The van der Waals surface area contributed by atoms with Gasteiger partial charge in [0.05, 0.1) is 6.04 Å². The van der Waals surface area contributed by atoms with E-state index < -0.39 is 65.1 Å². The minimum atomic E-state index is -1.17. The maximum absolute atomic E-state index is 13.6. The third-order valence-electron chi connectivity index (χ3n) is 5.97. The fourth-order valence-electron chi connectivity index (χ4n) is 4.08. The number of nitrogens with zero attached hydrogens (tertiary/aromatic N) is 1. The number of ketones is 1. The van der Waals surface area contributed by atoms with E-state index in [2.05, 4.69) is 22.5 Å². The molecule has 4 unspecified atom stereocenters. The fraction of sp³-hybridized carbons (Fsp3) is 0.692. The predicted octanol–water partition coefficient (Wildman–Crippen LogP) is 0.784. The van der Waals surface area contributed by atoms with Gasteiger partial charge in [-0.25, -0.2) is 9.59 Å². The number of esters is 1. The van der Waals surface area contributed by atoms with Crippen molar-refractivity contribution in [1.29, 1.82) is 0 Å². The summed E-state index contributed by atoms with van der Waals surface area (Å²) >= 11 is 0. The summed E-state index contributed by atoms with van der Waals surface area (Å²) in [6.45, 7) is 16.2. The Kier molecular flexibility index (Phi) is 11.5. The zero-order chi connectivity index (χ0) is 29.4. The highest BCUT2D eigenvalue weighted by molar-refractivity contribution is 6.37. The summed E-state index contributed by atoms with van der Waals surface area (Å²) < 4.78 is 5.13. The fourth-order valence-corrected chi connectivity index (χ4v) is 4.08. The van der Waals surface area contributed by atoms with Crippen LogP contribution >= 0.6 is 0 Å². The molecule has 38 heavy (non-hydrogen) atoms. The SMILES string of the molecule is C=CCOC(=O)C(CC(C)(C)C)NC(=O)NC(C(=O)N1CCCC1C(=O)NC(C)C(=O)C(N)=O)C(C)(C)C. The summed E-state index contributed by atoms with van der Waals surface area (Å²) in [5, 5.41) is 7.74. The van der Waals surface area contributed by atoms with E-state index >= 15 is 0 Å². The molecule has 214 valence electrons. The second kappa shape index (κ2) is 13.4. The number of nitrogens with one attached hydrogen (secondary N) is 3. The summed E-state index contributed by atoms with van der Waals surface area (Å²) in [6, 6.07) is -4.76. The lowest BCUT2D eigenvalue weighted by atomic mass is 9.85. The smallest absolute Gasteiger partial charge is 0.329 e. The van der Waals surface area contributed by atoms with E-state index in [0.717, 1.165) is 0 Å². The third kappa shape index (κ3) is 9.79. The number of nitrogens with two attached hydrogens (primary N) is 1. The van der Waals surface area contributed by atoms with Gasteiger partial charge in [0.15, 0.2) is 0 Å². The molecule has 12 heteroatoms. The lowest BCUT2D eigenvalue weighted by Crippen LogP contribution is -2.61. The number of primary amides is 1. The summed E-state index contributed by atoms with van der Waals surface area (Å²) in [6.07, 6.45) is 2.60. The molecule has 1 heterocycles. The highest BCUT2D eigenvalue weighted by atomic mass is 16.5. The molecule has 1 fully saturated rings. The first-order valence-electron chi connectivity index (χ1n) is 12.7. The van der Waals surface area contributed by atoms with E-state index in [-0.39, 0.29) is 18.6 Å². The number of Topliss-reactive ketones (excluding diaryl/α,β-unsaturated/α-hetero) is 1. The molecule has 0 bridgehead atoms. The highest BCUT2D eigenvalue weighted by Crippen LogP contribution is 2.26. The van der Waals surface area contributed by atoms with Crippen molar-refractivity contribution < 1.29 is 33.5 Å². The molecular formula is C26H43N5O7. The average molecular weight is 538 g/mol. The lowest BCUT2D eigenvalue weighted by Gasteiger charge is -2.36. The normalized spacial score (nSPS) is 18.0. The summed E-state index contributed by atoms with van der Waals surface area (Å²) in [5.74, 6) is -3.81. The molecule has 0 aromatic rings. The second-order valence-corrected chi connectivity index (χ2v) is 11.8. The van der Waals surface area contributed by atoms with E-state index in [1.54, 1.807) is 20.8 Å². The Morgan fingerprint density at radius 1 is 1.05 bits per heavy atom. The van der Waals surface area contributed by atoms with Gasteiger partial charge in [-0.2, -0.15) is 0 Å². The number of carbonyl (C=O) groups excluding carboxylic acids is 6. The van der Waals surface area contributed by atoms with Gasteiger partial charge in [-0.1, -0.05) is 54.2 Å². The third-order valence-corrected chi connectivity index (χ3v) is 5.97. The molecule has 0 aliphatic carbocycles. The van der Waals surface area contributed by atoms with Crippen LogP contribution in [0.3, 0.4) is 0 Å². The van der Waals surface area contributed by atoms with Gasteiger partial charge in [0, 0.05) is 6.54 Å². The molecule has 0 spiro atoms. The monoisotopic (exact) mass is 537 g/mol. The van der Waals surface area contributed by atoms with Crippen molar-refractivity contribution in [2.45, 2.75) is 91.9 Å². The van der Waals surface area contributed by atoms with Gasteiger partial charge >= 0.3 is 12.0 Å². The van der Waals surface area contributed by atoms with Gasteiger partial charge in [-0.05, 0) is 37.0 Å². The van der Waals surface area contributed by atoms with E-state index in [9.17, 15) is 28.8 Å². The topological polar surface area (TPSA) is 177 Å². The van der Waals surface area contributed by atoms with Gasteiger partial charge < -0.3 is 31.3 Å². The molecule has 0 aromatic carbocycles. The molecule has 12 nitrogen and oxygen atoms in total. The van der Waals surface area contributed by atoms with Crippen molar-refractivity contribution in [3.63, 3.8) is 0 Å². The second-order valence-electron chi connectivity index (χ2n) is 11.8. The number of likely N-dealkylation sites (tertiary alicyclic amines) is 1. The van der Waals surface area contributed by atoms with Crippen molar-refractivity contribution in [2.24, 2.45) is 16.6 Å². The van der Waals surface area contributed by atoms with Crippen molar-refractivity contribution >= 4 is 35.5 Å². The first kappa shape index (κ1) is 32.6. The van der Waals surface area contributed by atoms with Crippen LogP contribution < -0.4 is 21.7 Å². The maximum Gasteiger partial charge on any atom is 0.329 e.